The Hall–Kier alpha value is -3.06. The maximum atomic E-state index is 10.3. The number of nitrogen functional groups attached to an aromatic ring is 1. The van der Waals surface area contributed by atoms with Gasteiger partial charge in [-0.15, -0.1) is 0 Å². The van der Waals surface area contributed by atoms with Crippen molar-refractivity contribution in [3.05, 3.63) is 27.7 Å². The van der Waals surface area contributed by atoms with Gasteiger partial charge < -0.3 is 35.6 Å². The van der Waals surface area contributed by atoms with Gasteiger partial charge >= 0.3 is 6.01 Å². The average Bonchev–Trinajstić information content (AvgIpc) is 2.71. The molecule has 0 unspecified atom stereocenters. The van der Waals surface area contributed by atoms with Crippen LogP contribution in [0.4, 0.5) is 5.82 Å². The third kappa shape index (κ3) is 4.19. The number of anilines is 1. The highest BCUT2D eigenvalue weighted by Crippen LogP contribution is 2.55. The zero-order valence-electron chi connectivity index (χ0n) is 14.4. The highest BCUT2D eigenvalue weighted by Gasteiger charge is 2.28. The Morgan fingerprint density at radius 1 is 0.793 bits per heavy atom. The van der Waals surface area contributed by atoms with Crippen molar-refractivity contribution in [1.82, 2.24) is 19.9 Å². The van der Waals surface area contributed by atoms with Crippen LogP contribution in [0, 0.1) is 0 Å². The molecule has 2 heterocycles. The standard InChI is InChI=1S/C16H13Br2N5O6/c17-6-3-20-16(21-4-6)29-2-1-28-15-8(14(19)22-5-23-15)7-10(24)12(26)9(18)13(27)11(7)25/h3-5,24-27H,1-2H2,(H2,19,22,23). The summed E-state index contributed by atoms with van der Waals surface area (Å²) in [7, 11) is 0. The van der Waals surface area contributed by atoms with Crippen LogP contribution in [0.5, 0.6) is 34.9 Å². The van der Waals surface area contributed by atoms with Gasteiger partial charge in [-0.05, 0) is 31.9 Å². The second kappa shape index (κ2) is 8.53. The summed E-state index contributed by atoms with van der Waals surface area (Å²) in [6.45, 7) is 0.0126. The van der Waals surface area contributed by atoms with Crippen LogP contribution in [0.2, 0.25) is 0 Å². The number of benzene rings is 1. The van der Waals surface area contributed by atoms with E-state index in [1.165, 1.54) is 12.4 Å². The topological polar surface area (TPSA) is 177 Å². The number of rotatable bonds is 6. The number of hydrogen-bond donors (Lipinski definition) is 5. The molecule has 0 saturated carbocycles. The summed E-state index contributed by atoms with van der Waals surface area (Å²) < 4.78 is 11.3. The molecule has 0 radical (unpaired) electrons. The third-order valence-electron chi connectivity index (χ3n) is 3.58. The smallest absolute Gasteiger partial charge is 0.316 e. The van der Waals surface area contributed by atoms with E-state index in [4.69, 9.17) is 15.2 Å². The molecule has 0 spiro atoms. The first-order chi connectivity index (χ1) is 13.8. The van der Waals surface area contributed by atoms with Crippen molar-refractivity contribution in [3.63, 3.8) is 0 Å². The number of halogens is 2. The van der Waals surface area contributed by atoms with Gasteiger partial charge in [-0.2, -0.15) is 0 Å². The Labute approximate surface area is 180 Å². The van der Waals surface area contributed by atoms with E-state index in [1.54, 1.807) is 0 Å². The maximum absolute atomic E-state index is 10.3. The summed E-state index contributed by atoms with van der Waals surface area (Å²) in [5.41, 5.74) is 5.34. The lowest BCUT2D eigenvalue weighted by molar-refractivity contribution is 0.202. The third-order valence-corrected chi connectivity index (χ3v) is 4.74. The van der Waals surface area contributed by atoms with Gasteiger partial charge in [0.25, 0.3) is 0 Å². The molecule has 2 aromatic heterocycles. The fraction of sp³-hybridized carbons (Fsp3) is 0.125. The van der Waals surface area contributed by atoms with Crippen LogP contribution in [0.3, 0.4) is 0 Å². The first-order valence-electron chi connectivity index (χ1n) is 7.80. The van der Waals surface area contributed by atoms with Crippen LogP contribution in [0.1, 0.15) is 0 Å². The first-order valence-corrected chi connectivity index (χ1v) is 9.39. The van der Waals surface area contributed by atoms with Gasteiger partial charge in [0.05, 0.1) is 15.6 Å². The van der Waals surface area contributed by atoms with Gasteiger partial charge in [0.2, 0.25) is 5.88 Å². The summed E-state index contributed by atoms with van der Waals surface area (Å²) in [4.78, 5) is 15.6. The lowest BCUT2D eigenvalue weighted by Crippen LogP contribution is -2.12. The zero-order valence-corrected chi connectivity index (χ0v) is 17.5. The SMILES string of the molecule is Nc1ncnc(OCCOc2ncc(Br)cn2)c1-c1c(O)c(O)c(Br)c(O)c1O. The lowest BCUT2D eigenvalue weighted by atomic mass is 10.0. The van der Waals surface area contributed by atoms with Crippen molar-refractivity contribution >= 4 is 37.7 Å². The summed E-state index contributed by atoms with van der Waals surface area (Å²) >= 11 is 6.07. The molecule has 11 nitrogen and oxygen atoms in total. The average molecular weight is 531 g/mol. The maximum Gasteiger partial charge on any atom is 0.316 e. The van der Waals surface area contributed by atoms with Crippen LogP contribution in [0.25, 0.3) is 11.1 Å². The number of nitrogens with zero attached hydrogens (tertiary/aromatic N) is 4. The number of phenols is 4. The van der Waals surface area contributed by atoms with Gasteiger partial charge in [-0.3, -0.25) is 0 Å². The molecule has 0 saturated heterocycles. The zero-order chi connectivity index (χ0) is 21.1. The van der Waals surface area contributed by atoms with E-state index in [2.05, 4.69) is 51.8 Å². The Balaban J connectivity index is 1.86. The molecule has 0 bridgehead atoms. The molecular formula is C16H13Br2N5O6. The molecule has 0 aliphatic heterocycles. The van der Waals surface area contributed by atoms with E-state index in [-0.39, 0.29) is 41.0 Å². The highest BCUT2D eigenvalue weighted by molar-refractivity contribution is 9.11. The molecule has 3 rings (SSSR count). The summed E-state index contributed by atoms with van der Waals surface area (Å²) in [5, 5.41) is 40.5. The minimum absolute atomic E-state index is 0.0289. The van der Waals surface area contributed by atoms with E-state index in [9.17, 15) is 20.4 Å². The van der Waals surface area contributed by atoms with Crippen LogP contribution < -0.4 is 15.2 Å². The van der Waals surface area contributed by atoms with Gasteiger partial charge in [0.15, 0.2) is 23.0 Å². The molecular weight excluding hydrogens is 518 g/mol. The normalized spacial score (nSPS) is 10.7. The van der Waals surface area contributed by atoms with E-state index < -0.39 is 28.6 Å². The van der Waals surface area contributed by atoms with Crippen molar-refractivity contribution in [1.29, 1.82) is 0 Å². The number of nitrogens with two attached hydrogens (primary N) is 1. The largest absolute Gasteiger partial charge is 0.504 e. The lowest BCUT2D eigenvalue weighted by Gasteiger charge is -2.16. The Kier molecular flexibility index (Phi) is 6.08. The Morgan fingerprint density at radius 2 is 1.38 bits per heavy atom. The number of hydrogen-bond acceptors (Lipinski definition) is 11. The number of ether oxygens (including phenoxy) is 2. The molecule has 152 valence electrons. The summed E-state index contributed by atoms with van der Waals surface area (Å²) in [6, 6.07) is 0.136. The van der Waals surface area contributed by atoms with Crippen molar-refractivity contribution in [2.24, 2.45) is 0 Å². The van der Waals surface area contributed by atoms with E-state index in [1.807, 2.05) is 0 Å². The van der Waals surface area contributed by atoms with Crippen LogP contribution >= 0.6 is 31.9 Å². The molecule has 13 heteroatoms. The molecule has 3 aromatic rings. The highest BCUT2D eigenvalue weighted by atomic mass is 79.9. The fourth-order valence-corrected chi connectivity index (χ4v) is 2.86. The van der Waals surface area contributed by atoms with Crippen molar-refractivity contribution in [2.75, 3.05) is 18.9 Å². The number of phenolic OH excluding ortho intramolecular Hbond substituents is 4. The number of aromatic nitrogens is 4. The second-order valence-electron chi connectivity index (χ2n) is 5.40. The monoisotopic (exact) mass is 529 g/mol. The second-order valence-corrected chi connectivity index (χ2v) is 7.11. The van der Waals surface area contributed by atoms with Crippen LogP contribution in [-0.4, -0.2) is 53.6 Å². The molecule has 0 aliphatic rings. The van der Waals surface area contributed by atoms with Gasteiger partial charge in [0, 0.05) is 12.4 Å². The number of aromatic hydroxyl groups is 4. The van der Waals surface area contributed by atoms with Gasteiger partial charge in [0.1, 0.15) is 29.8 Å². The molecule has 0 fully saturated rings. The molecule has 0 atom stereocenters. The summed E-state index contributed by atoms with van der Waals surface area (Å²) in [6.07, 6.45) is 4.15. The van der Waals surface area contributed by atoms with Crippen molar-refractivity contribution in [3.8, 4) is 46.0 Å². The van der Waals surface area contributed by atoms with Crippen LogP contribution in [0.15, 0.2) is 27.7 Å². The molecule has 6 N–H and O–H groups in total. The quantitative estimate of drug-likeness (QED) is 0.179. The minimum Gasteiger partial charge on any atom is -0.504 e. The molecule has 1 aromatic carbocycles. The Morgan fingerprint density at radius 3 is 2.00 bits per heavy atom. The van der Waals surface area contributed by atoms with Crippen molar-refractivity contribution in [2.45, 2.75) is 0 Å². The Bertz CT molecular complexity index is 1020. The van der Waals surface area contributed by atoms with Crippen molar-refractivity contribution < 1.29 is 29.9 Å². The molecule has 0 amide bonds. The predicted molar refractivity (Wildman–Crippen MR) is 107 cm³/mol. The van der Waals surface area contributed by atoms with E-state index in [0.717, 1.165) is 6.33 Å². The van der Waals surface area contributed by atoms with E-state index in [0.29, 0.717) is 4.47 Å². The predicted octanol–water partition coefficient (Wildman–Crippen LogP) is 2.32. The van der Waals surface area contributed by atoms with Gasteiger partial charge in [-0.25, -0.2) is 19.9 Å². The molecule has 29 heavy (non-hydrogen) atoms. The molecule has 0 aliphatic carbocycles. The van der Waals surface area contributed by atoms with Gasteiger partial charge in [-0.1, -0.05) is 0 Å². The van der Waals surface area contributed by atoms with Crippen LogP contribution in [-0.2, 0) is 0 Å². The van der Waals surface area contributed by atoms with E-state index >= 15 is 0 Å². The fourth-order valence-electron chi connectivity index (χ4n) is 2.28. The first kappa shape index (κ1) is 20.7. The minimum atomic E-state index is -0.752. The summed E-state index contributed by atoms with van der Waals surface area (Å²) in [5.74, 6) is -3.21.